The van der Waals surface area contributed by atoms with Gasteiger partial charge in [0.05, 0.1) is 34.0 Å². The van der Waals surface area contributed by atoms with Crippen LogP contribution in [0.2, 0.25) is 0 Å². The predicted molar refractivity (Wildman–Crippen MR) is 94.6 cm³/mol. The summed E-state index contributed by atoms with van der Waals surface area (Å²) >= 11 is 0. The van der Waals surface area contributed by atoms with Crippen LogP contribution in [0.1, 0.15) is 11.1 Å². The fourth-order valence-corrected chi connectivity index (χ4v) is 2.47. The molecule has 0 heterocycles. The van der Waals surface area contributed by atoms with Gasteiger partial charge < -0.3 is 24.1 Å². The number of carboxylic acid groups (broad SMARTS) is 1. The van der Waals surface area contributed by atoms with Crippen molar-refractivity contribution in [1.29, 1.82) is 0 Å². The van der Waals surface area contributed by atoms with E-state index in [1.54, 1.807) is 36.4 Å². The number of rotatable bonds is 7. The van der Waals surface area contributed by atoms with Crippen LogP contribution in [-0.2, 0) is 4.79 Å². The van der Waals surface area contributed by atoms with Crippen LogP contribution in [0.15, 0.2) is 36.4 Å². The topological polar surface area (TPSA) is 74.2 Å². The Morgan fingerprint density at radius 2 is 1.44 bits per heavy atom. The molecule has 0 spiro atoms. The highest BCUT2D eigenvalue weighted by atomic mass is 16.5. The number of hydrogen-bond acceptors (Lipinski definition) is 5. The molecule has 1 N–H and O–H groups in total. The fourth-order valence-electron chi connectivity index (χ4n) is 2.47. The zero-order valence-corrected chi connectivity index (χ0v) is 14.5. The predicted octanol–water partition coefficient (Wildman–Crippen LogP) is 3.35. The van der Waals surface area contributed by atoms with Crippen molar-refractivity contribution in [1.82, 2.24) is 0 Å². The summed E-state index contributed by atoms with van der Waals surface area (Å²) in [4.78, 5) is 11.8. The lowest BCUT2D eigenvalue weighted by Gasteiger charge is -2.14. The van der Waals surface area contributed by atoms with E-state index >= 15 is 0 Å². The van der Waals surface area contributed by atoms with E-state index in [9.17, 15) is 9.90 Å². The van der Waals surface area contributed by atoms with Crippen molar-refractivity contribution < 1.29 is 28.8 Å². The van der Waals surface area contributed by atoms with Crippen molar-refractivity contribution in [3.05, 3.63) is 47.5 Å². The first kappa shape index (κ1) is 18.2. The van der Waals surface area contributed by atoms with Crippen molar-refractivity contribution in [3.63, 3.8) is 0 Å². The summed E-state index contributed by atoms with van der Waals surface area (Å²) in [6, 6.07) is 10.3. The maximum absolute atomic E-state index is 11.8. The summed E-state index contributed by atoms with van der Waals surface area (Å²) in [6.07, 6.45) is 1.53. The minimum Gasteiger partial charge on any atom is -0.496 e. The van der Waals surface area contributed by atoms with Gasteiger partial charge >= 0.3 is 5.97 Å². The number of methoxy groups -OCH3 is 4. The number of hydrogen-bond donors (Lipinski definition) is 1. The van der Waals surface area contributed by atoms with E-state index in [1.807, 2.05) is 0 Å². The van der Waals surface area contributed by atoms with Gasteiger partial charge in [0.15, 0.2) is 11.5 Å². The van der Waals surface area contributed by atoms with E-state index in [1.165, 1.54) is 34.5 Å². The molecule has 25 heavy (non-hydrogen) atoms. The molecule has 6 nitrogen and oxygen atoms in total. The maximum Gasteiger partial charge on any atom is 0.336 e. The molecule has 2 aromatic carbocycles. The standard InChI is InChI=1S/C19H20O6/c1-22-15-8-6-5-7-13(15)14(19(20)21)9-12-10-16(23-2)18(25-4)17(11-12)24-3/h5-11H,1-4H3,(H,20,21)/b14-9-. The largest absolute Gasteiger partial charge is 0.496 e. The molecule has 0 aliphatic carbocycles. The molecule has 0 bridgehead atoms. The lowest BCUT2D eigenvalue weighted by molar-refractivity contribution is -0.130. The third kappa shape index (κ3) is 3.85. The van der Waals surface area contributed by atoms with Gasteiger partial charge in [-0.15, -0.1) is 0 Å². The Bertz CT molecular complexity index is 769. The summed E-state index contributed by atoms with van der Waals surface area (Å²) < 4.78 is 21.2. The van der Waals surface area contributed by atoms with Gasteiger partial charge in [0, 0.05) is 5.56 Å². The third-order valence-corrected chi connectivity index (χ3v) is 3.63. The van der Waals surface area contributed by atoms with Gasteiger partial charge in [0.25, 0.3) is 0 Å². The second kappa shape index (κ2) is 8.10. The molecule has 132 valence electrons. The van der Waals surface area contributed by atoms with Crippen molar-refractivity contribution in [2.24, 2.45) is 0 Å². The van der Waals surface area contributed by atoms with Gasteiger partial charge in [0.1, 0.15) is 5.75 Å². The summed E-state index contributed by atoms with van der Waals surface area (Å²) in [6.45, 7) is 0. The molecule has 0 fully saturated rings. The highest BCUT2D eigenvalue weighted by molar-refractivity contribution is 6.21. The van der Waals surface area contributed by atoms with Gasteiger partial charge in [-0.05, 0) is 29.8 Å². The van der Waals surface area contributed by atoms with Crippen LogP contribution in [0, 0.1) is 0 Å². The molecule has 0 unspecified atom stereocenters. The van der Waals surface area contributed by atoms with Crippen molar-refractivity contribution in [2.75, 3.05) is 28.4 Å². The van der Waals surface area contributed by atoms with Gasteiger partial charge in [-0.2, -0.15) is 0 Å². The first-order valence-corrected chi connectivity index (χ1v) is 7.44. The second-order valence-corrected chi connectivity index (χ2v) is 5.02. The Balaban J connectivity index is 2.64. The molecule has 0 amide bonds. The van der Waals surface area contributed by atoms with Crippen LogP contribution >= 0.6 is 0 Å². The second-order valence-electron chi connectivity index (χ2n) is 5.02. The first-order valence-electron chi connectivity index (χ1n) is 7.44. The van der Waals surface area contributed by atoms with Crippen LogP contribution in [0.5, 0.6) is 23.0 Å². The Morgan fingerprint density at radius 1 is 0.880 bits per heavy atom. The average molecular weight is 344 g/mol. The zero-order valence-electron chi connectivity index (χ0n) is 14.5. The minimum absolute atomic E-state index is 0.0896. The lowest BCUT2D eigenvalue weighted by Crippen LogP contribution is -2.02. The van der Waals surface area contributed by atoms with E-state index in [-0.39, 0.29) is 5.57 Å². The van der Waals surface area contributed by atoms with Gasteiger partial charge in [0.2, 0.25) is 5.75 Å². The monoisotopic (exact) mass is 344 g/mol. The Hall–Kier alpha value is -3.15. The van der Waals surface area contributed by atoms with Crippen LogP contribution in [0.3, 0.4) is 0 Å². The number of carbonyl (C=O) groups is 1. The van der Waals surface area contributed by atoms with E-state index in [0.717, 1.165) is 0 Å². The number of carboxylic acids is 1. The smallest absolute Gasteiger partial charge is 0.336 e. The molecule has 0 atom stereocenters. The Labute approximate surface area is 146 Å². The Kier molecular flexibility index (Phi) is 5.89. The summed E-state index contributed by atoms with van der Waals surface area (Å²) in [5.74, 6) is 0.730. The first-order chi connectivity index (χ1) is 12.0. The quantitative estimate of drug-likeness (QED) is 0.613. The minimum atomic E-state index is -1.07. The molecular weight excluding hydrogens is 324 g/mol. The molecule has 2 aromatic rings. The number of benzene rings is 2. The summed E-state index contributed by atoms with van der Waals surface area (Å²) in [5, 5.41) is 9.65. The highest BCUT2D eigenvalue weighted by Gasteiger charge is 2.17. The van der Waals surface area contributed by atoms with Crippen LogP contribution < -0.4 is 18.9 Å². The van der Waals surface area contributed by atoms with Crippen molar-refractivity contribution in [2.45, 2.75) is 0 Å². The van der Waals surface area contributed by atoms with Crippen molar-refractivity contribution in [3.8, 4) is 23.0 Å². The van der Waals surface area contributed by atoms with E-state index in [4.69, 9.17) is 18.9 Å². The number of ether oxygens (including phenoxy) is 4. The highest BCUT2D eigenvalue weighted by Crippen LogP contribution is 2.39. The normalized spacial score (nSPS) is 11.0. The van der Waals surface area contributed by atoms with E-state index < -0.39 is 5.97 Å². The maximum atomic E-state index is 11.8. The lowest BCUT2D eigenvalue weighted by atomic mass is 10.0. The molecule has 0 saturated carbocycles. The van der Waals surface area contributed by atoms with E-state index in [2.05, 4.69) is 0 Å². The fraction of sp³-hybridized carbons (Fsp3) is 0.211. The molecule has 2 rings (SSSR count). The molecule has 6 heteroatoms. The molecule has 0 radical (unpaired) electrons. The van der Waals surface area contributed by atoms with Gasteiger partial charge in [-0.1, -0.05) is 18.2 Å². The number of para-hydroxylation sites is 1. The van der Waals surface area contributed by atoms with Gasteiger partial charge in [-0.25, -0.2) is 4.79 Å². The molecule has 0 saturated heterocycles. The molecular formula is C19H20O6. The summed E-state index contributed by atoms with van der Waals surface area (Å²) in [7, 11) is 6.01. The molecule has 0 aromatic heterocycles. The third-order valence-electron chi connectivity index (χ3n) is 3.63. The molecule has 0 aliphatic heterocycles. The van der Waals surface area contributed by atoms with Crippen LogP contribution in [0.4, 0.5) is 0 Å². The van der Waals surface area contributed by atoms with E-state index in [0.29, 0.717) is 34.1 Å². The average Bonchev–Trinajstić information content (AvgIpc) is 2.64. The van der Waals surface area contributed by atoms with Crippen molar-refractivity contribution >= 4 is 17.6 Å². The van der Waals surface area contributed by atoms with Crippen LogP contribution in [0.25, 0.3) is 11.6 Å². The van der Waals surface area contributed by atoms with Crippen LogP contribution in [-0.4, -0.2) is 39.5 Å². The Morgan fingerprint density at radius 3 is 1.92 bits per heavy atom. The number of aliphatic carboxylic acids is 1. The zero-order chi connectivity index (χ0) is 18.4. The SMILES string of the molecule is COc1ccccc1/C(=C/c1cc(OC)c(OC)c(OC)c1)C(=O)O. The molecule has 0 aliphatic rings. The van der Waals surface area contributed by atoms with Gasteiger partial charge in [-0.3, -0.25) is 0 Å². The summed E-state index contributed by atoms with van der Waals surface area (Å²) in [5.41, 5.74) is 1.16.